The molecule has 0 amide bonds. The number of fused-ring (bicyclic) bond motifs is 1. The Morgan fingerprint density at radius 1 is 1.25 bits per heavy atom. The summed E-state index contributed by atoms with van der Waals surface area (Å²) in [6, 6.07) is 6.04. The van der Waals surface area contributed by atoms with Gasteiger partial charge in [0.2, 0.25) is 0 Å². The largest absolute Gasteiger partial charge is 0.489 e. The number of rotatable bonds is 0. The van der Waals surface area contributed by atoms with Crippen LogP contribution in [-0.2, 0) is 6.42 Å². The van der Waals surface area contributed by atoms with Crippen LogP contribution in [0.15, 0.2) is 34.8 Å². The first-order valence-corrected chi connectivity index (χ1v) is 4.72. The van der Waals surface area contributed by atoms with Crippen molar-refractivity contribution in [1.82, 2.24) is 0 Å². The molecule has 12 heavy (non-hydrogen) atoms. The van der Waals surface area contributed by atoms with Gasteiger partial charge in [0.25, 0.3) is 0 Å². The van der Waals surface area contributed by atoms with E-state index in [0.29, 0.717) is 6.61 Å². The normalized spacial score (nSPS) is 14.8. The van der Waals surface area contributed by atoms with E-state index in [1.807, 2.05) is 24.3 Å². The average molecular weight is 225 g/mol. The Hall–Kier alpha value is -0.760. The number of ether oxygens (including phenoxy) is 1. The molecule has 1 aliphatic rings. The van der Waals surface area contributed by atoms with E-state index >= 15 is 0 Å². The van der Waals surface area contributed by atoms with E-state index in [0.717, 1.165) is 16.6 Å². The molecule has 0 radical (unpaired) electrons. The third kappa shape index (κ3) is 1.39. The molecule has 0 saturated heterocycles. The van der Waals surface area contributed by atoms with Gasteiger partial charge in [0.15, 0.2) is 0 Å². The van der Waals surface area contributed by atoms with Crippen molar-refractivity contribution in [2.24, 2.45) is 0 Å². The first kappa shape index (κ1) is 7.87. The minimum Gasteiger partial charge on any atom is -0.489 e. The molecule has 62 valence electrons. The maximum absolute atomic E-state index is 5.51. The van der Waals surface area contributed by atoms with Gasteiger partial charge in [0.05, 0.1) is 0 Å². The highest BCUT2D eigenvalue weighted by atomic mass is 79.9. The molecule has 1 aliphatic heterocycles. The Morgan fingerprint density at radius 3 is 3.08 bits per heavy atom. The molecule has 0 fully saturated rings. The van der Waals surface area contributed by atoms with Crippen molar-refractivity contribution in [3.63, 3.8) is 0 Å². The predicted octanol–water partition coefficient (Wildman–Crippen LogP) is 2.94. The van der Waals surface area contributed by atoms with Crippen molar-refractivity contribution >= 4 is 15.9 Å². The van der Waals surface area contributed by atoms with E-state index in [2.05, 4.69) is 22.0 Å². The highest BCUT2D eigenvalue weighted by molar-refractivity contribution is 9.10. The number of hydrogen-bond donors (Lipinski definition) is 0. The molecule has 1 heterocycles. The zero-order valence-electron chi connectivity index (χ0n) is 6.59. The summed E-state index contributed by atoms with van der Waals surface area (Å²) in [5, 5.41) is 0. The topological polar surface area (TPSA) is 9.23 Å². The fourth-order valence-electron chi connectivity index (χ4n) is 1.28. The molecule has 1 aromatic rings. The van der Waals surface area contributed by atoms with Gasteiger partial charge >= 0.3 is 0 Å². The van der Waals surface area contributed by atoms with E-state index in [-0.39, 0.29) is 0 Å². The number of benzene rings is 1. The molecule has 0 aromatic heterocycles. The Labute approximate surface area is 80.2 Å². The fraction of sp³-hybridized carbons (Fsp3) is 0.200. The van der Waals surface area contributed by atoms with E-state index in [9.17, 15) is 0 Å². The van der Waals surface area contributed by atoms with Crippen molar-refractivity contribution in [2.45, 2.75) is 6.42 Å². The lowest BCUT2D eigenvalue weighted by atomic mass is 10.1. The van der Waals surface area contributed by atoms with Crippen LogP contribution in [0.4, 0.5) is 0 Å². The van der Waals surface area contributed by atoms with Crippen LogP contribution in [0.3, 0.4) is 0 Å². The minimum absolute atomic E-state index is 0.684. The molecule has 0 aliphatic carbocycles. The van der Waals surface area contributed by atoms with Crippen LogP contribution in [0, 0.1) is 0 Å². The van der Waals surface area contributed by atoms with Gasteiger partial charge in [-0.15, -0.1) is 0 Å². The first-order valence-electron chi connectivity index (χ1n) is 3.93. The quantitative estimate of drug-likeness (QED) is 0.617. The van der Waals surface area contributed by atoms with Crippen LogP contribution < -0.4 is 4.74 Å². The second-order valence-corrected chi connectivity index (χ2v) is 3.56. The van der Waals surface area contributed by atoms with Gasteiger partial charge in [-0.1, -0.05) is 34.1 Å². The predicted molar refractivity (Wildman–Crippen MR) is 52.5 cm³/mol. The SMILES string of the molecule is Brc1cccc2c1CC=CCO2. The van der Waals surface area contributed by atoms with Gasteiger partial charge in [0, 0.05) is 10.0 Å². The second kappa shape index (κ2) is 3.31. The zero-order chi connectivity index (χ0) is 8.39. The molecule has 1 aromatic carbocycles. The highest BCUT2D eigenvalue weighted by Crippen LogP contribution is 2.28. The zero-order valence-corrected chi connectivity index (χ0v) is 8.17. The average Bonchev–Trinajstić information content (AvgIpc) is 2.30. The third-order valence-corrected chi connectivity index (χ3v) is 2.64. The van der Waals surface area contributed by atoms with Gasteiger partial charge < -0.3 is 4.74 Å². The number of allylic oxidation sites excluding steroid dienone is 1. The second-order valence-electron chi connectivity index (χ2n) is 2.70. The van der Waals surface area contributed by atoms with E-state index in [1.54, 1.807) is 0 Å². The molecular weight excluding hydrogens is 216 g/mol. The molecule has 1 nitrogen and oxygen atoms in total. The summed E-state index contributed by atoms with van der Waals surface area (Å²) in [6.07, 6.45) is 5.14. The van der Waals surface area contributed by atoms with Crippen molar-refractivity contribution in [2.75, 3.05) is 6.61 Å². The van der Waals surface area contributed by atoms with E-state index in [4.69, 9.17) is 4.74 Å². The van der Waals surface area contributed by atoms with Gasteiger partial charge in [0.1, 0.15) is 12.4 Å². The summed E-state index contributed by atoms with van der Waals surface area (Å²) in [6.45, 7) is 0.684. The molecule has 0 N–H and O–H groups in total. The molecule has 2 heteroatoms. The van der Waals surface area contributed by atoms with Gasteiger partial charge in [-0.05, 0) is 18.6 Å². The molecule has 2 rings (SSSR count). The number of hydrogen-bond acceptors (Lipinski definition) is 1. The summed E-state index contributed by atoms with van der Waals surface area (Å²) < 4.78 is 6.64. The van der Waals surface area contributed by atoms with Crippen LogP contribution in [0.5, 0.6) is 5.75 Å². The lowest BCUT2D eigenvalue weighted by molar-refractivity contribution is 0.362. The smallest absolute Gasteiger partial charge is 0.124 e. The van der Waals surface area contributed by atoms with Crippen LogP contribution >= 0.6 is 15.9 Å². The lowest BCUT2D eigenvalue weighted by Crippen LogP contribution is -1.93. The third-order valence-electron chi connectivity index (χ3n) is 1.90. The molecule has 0 spiro atoms. The van der Waals surface area contributed by atoms with Crippen molar-refractivity contribution < 1.29 is 4.74 Å². The standard InChI is InChI=1S/C10H9BrO/c11-9-5-3-6-10-8(9)4-1-2-7-12-10/h1-3,5-6H,4,7H2. The molecule has 0 unspecified atom stereocenters. The minimum atomic E-state index is 0.684. The summed E-state index contributed by atoms with van der Waals surface area (Å²) in [5.74, 6) is 0.995. The molecular formula is C10H9BrO. The van der Waals surface area contributed by atoms with Crippen LogP contribution in [0.2, 0.25) is 0 Å². The van der Waals surface area contributed by atoms with Crippen LogP contribution in [0.25, 0.3) is 0 Å². The lowest BCUT2D eigenvalue weighted by Gasteiger charge is -2.07. The Bertz CT molecular complexity index is 318. The van der Waals surface area contributed by atoms with Crippen molar-refractivity contribution in [3.05, 3.63) is 40.4 Å². The molecule has 0 bridgehead atoms. The van der Waals surface area contributed by atoms with Crippen LogP contribution in [0.1, 0.15) is 5.56 Å². The Balaban J connectivity index is 2.48. The van der Waals surface area contributed by atoms with Crippen molar-refractivity contribution in [3.8, 4) is 5.75 Å². The maximum Gasteiger partial charge on any atom is 0.124 e. The fourth-order valence-corrected chi connectivity index (χ4v) is 1.79. The summed E-state index contributed by atoms with van der Waals surface area (Å²) >= 11 is 3.50. The molecule has 0 atom stereocenters. The van der Waals surface area contributed by atoms with E-state index in [1.165, 1.54) is 5.56 Å². The first-order chi connectivity index (χ1) is 5.88. The van der Waals surface area contributed by atoms with Crippen LogP contribution in [-0.4, -0.2) is 6.61 Å². The van der Waals surface area contributed by atoms with Gasteiger partial charge in [-0.25, -0.2) is 0 Å². The maximum atomic E-state index is 5.51. The Morgan fingerprint density at radius 2 is 2.17 bits per heavy atom. The summed E-state index contributed by atoms with van der Waals surface area (Å²) in [5.41, 5.74) is 1.24. The van der Waals surface area contributed by atoms with Crippen molar-refractivity contribution in [1.29, 1.82) is 0 Å². The number of halogens is 1. The summed E-state index contributed by atoms with van der Waals surface area (Å²) in [4.78, 5) is 0. The van der Waals surface area contributed by atoms with Gasteiger partial charge in [-0.2, -0.15) is 0 Å². The monoisotopic (exact) mass is 224 g/mol. The van der Waals surface area contributed by atoms with Gasteiger partial charge in [-0.3, -0.25) is 0 Å². The molecule has 0 saturated carbocycles. The highest BCUT2D eigenvalue weighted by Gasteiger charge is 2.07. The summed E-state index contributed by atoms with van der Waals surface area (Å²) in [7, 11) is 0. The Kier molecular flexibility index (Phi) is 2.17. The van der Waals surface area contributed by atoms with E-state index < -0.39 is 0 Å².